The van der Waals surface area contributed by atoms with Gasteiger partial charge in [0.15, 0.2) is 5.11 Å². The summed E-state index contributed by atoms with van der Waals surface area (Å²) in [5.74, 6) is -3.15. The van der Waals surface area contributed by atoms with Crippen molar-refractivity contribution in [2.24, 2.45) is 11.7 Å². The van der Waals surface area contributed by atoms with Crippen molar-refractivity contribution in [3.63, 3.8) is 0 Å². The van der Waals surface area contributed by atoms with Crippen LogP contribution < -0.4 is 11.1 Å². The predicted octanol–water partition coefficient (Wildman–Crippen LogP) is 1.65. The van der Waals surface area contributed by atoms with Gasteiger partial charge in [0.05, 0.1) is 0 Å². The van der Waals surface area contributed by atoms with Crippen LogP contribution in [0.1, 0.15) is 25.7 Å². The maximum absolute atomic E-state index is 13.2. The molecule has 3 N–H and O–H groups in total. The second-order valence-electron chi connectivity index (χ2n) is 3.45. The van der Waals surface area contributed by atoms with Gasteiger partial charge in [0, 0.05) is 18.9 Å². The minimum atomic E-state index is -2.55. The van der Waals surface area contributed by atoms with Crippen molar-refractivity contribution in [3.05, 3.63) is 0 Å². The topological polar surface area (TPSA) is 38.0 Å². The molecule has 0 bridgehead atoms. The lowest BCUT2D eigenvalue weighted by Crippen LogP contribution is -2.42. The number of thiocarbonyl (C=S) groups is 1. The lowest BCUT2D eigenvalue weighted by atomic mass is 9.85. The Morgan fingerprint density at radius 1 is 1.54 bits per heavy atom. The molecular formula is C8H14F2N2S. The molecule has 0 radical (unpaired) electrons. The summed E-state index contributed by atoms with van der Waals surface area (Å²) in [6, 6.07) is 0. The van der Waals surface area contributed by atoms with Crippen LogP contribution >= 0.6 is 12.2 Å². The van der Waals surface area contributed by atoms with Gasteiger partial charge in [-0.2, -0.15) is 0 Å². The molecule has 0 saturated heterocycles. The van der Waals surface area contributed by atoms with Gasteiger partial charge in [-0.1, -0.05) is 6.42 Å². The van der Waals surface area contributed by atoms with Crippen LogP contribution in [0.3, 0.4) is 0 Å². The van der Waals surface area contributed by atoms with Crippen molar-refractivity contribution >= 4 is 17.3 Å². The van der Waals surface area contributed by atoms with E-state index in [1.54, 1.807) is 0 Å². The maximum Gasteiger partial charge on any atom is 0.252 e. The first-order valence-corrected chi connectivity index (χ1v) is 4.84. The van der Waals surface area contributed by atoms with Gasteiger partial charge < -0.3 is 11.1 Å². The molecule has 1 unspecified atom stereocenters. The van der Waals surface area contributed by atoms with Crippen molar-refractivity contribution in [1.82, 2.24) is 5.32 Å². The third-order valence-electron chi connectivity index (χ3n) is 2.43. The van der Waals surface area contributed by atoms with Crippen molar-refractivity contribution in [2.45, 2.75) is 31.6 Å². The fourth-order valence-corrected chi connectivity index (χ4v) is 1.73. The number of halogens is 2. The average molecular weight is 208 g/mol. The first kappa shape index (κ1) is 10.6. The molecule has 5 heteroatoms. The highest BCUT2D eigenvalue weighted by atomic mass is 32.1. The molecule has 0 aromatic rings. The lowest BCUT2D eigenvalue weighted by Gasteiger charge is -2.31. The average Bonchev–Trinajstić information content (AvgIpc) is 2.01. The quantitative estimate of drug-likeness (QED) is 0.678. The number of alkyl halides is 2. The fourth-order valence-electron chi connectivity index (χ4n) is 1.64. The van der Waals surface area contributed by atoms with Crippen LogP contribution in [0.2, 0.25) is 0 Å². The van der Waals surface area contributed by atoms with E-state index < -0.39 is 11.8 Å². The van der Waals surface area contributed by atoms with Gasteiger partial charge in [0.2, 0.25) is 0 Å². The van der Waals surface area contributed by atoms with E-state index in [4.69, 9.17) is 5.73 Å². The van der Waals surface area contributed by atoms with Crippen LogP contribution in [-0.2, 0) is 0 Å². The minimum absolute atomic E-state index is 0.00329. The Morgan fingerprint density at radius 3 is 2.77 bits per heavy atom. The molecule has 1 aliphatic carbocycles. The van der Waals surface area contributed by atoms with Gasteiger partial charge in [-0.3, -0.25) is 0 Å². The van der Waals surface area contributed by atoms with Crippen LogP contribution in [0.25, 0.3) is 0 Å². The largest absolute Gasteiger partial charge is 0.376 e. The number of nitrogens with two attached hydrogens (primary N) is 1. The highest BCUT2D eigenvalue weighted by Gasteiger charge is 2.40. The number of rotatable bonds is 2. The SMILES string of the molecule is NC(=S)NCC1CCCCC1(F)F. The van der Waals surface area contributed by atoms with Crippen LogP contribution in [0.5, 0.6) is 0 Å². The summed E-state index contributed by atoms with van der Waals surface area (Å²) < 4.78 is 26.4. The predicted molar refractivity (Wildman–Crippen MR) is 51.7 cm³/mol. The molecule has 0 amide bonds. The van der Waals surface area contributed by atoms with Crippen molar-refractivity contribution in [1.29, 1.82) is 0 Å². The van der Waals surface area contributed by atoms with Crippen LogP contribution in [0.4, 0.5) is 8.78 Å². The first-order valence-electron chi connectivity index (χ1n) is 4.43. The molecule has 2 nitrogen and oxygen atoms in total. The second-order valence-corrected chi connectivity index (χ2v) is 3.89. The van der Waals surface area contributed by atoms with E-state index in [0.29, 0.717) is 12.8 Å². The summed E-state index contributed by atoms with van der Waals surface area (Å²) in [7, 11) is 0. The summed E-state index contributed by atoms with van der Waals surface area (Å²) in [6.07, 6.45) is 2.05. The summed E-state index contributed by atoms with van der Waals surface area (Å²) in [4.78, 5) is 0. The van der Waals surface area contributed by atoms with E-state index in [1.165, 1.54) is 0 Å². The van der Waals surface area contributed by atoms with Gasteiger partial charge in [-0.15, -0.1) is 0 Å². The Balaban J connectivity index is 2.41. The second kappa shape index (κ2) is 4.17. The molecule has 1 aliphatic rings. The van der Waals surface area contributed by atoms with E-state index in [2.05, 4.69) is 17.5 Å². The lowest BCUT2D eigenvalue weighted by molar-refractivity contribution is -0.0830. The first-order chi connectivity index (χ1) is 6.02. The van der Waals surface area contributed by atoms with Crippen molar-refractivity contribution < 1.29 is 8.78 Å². The van der Waals surface area contributed by atoms with E-state index in [1.807, 2.05) is 0 Å². The Bertz CT molecular complexity index is 197. The van der Waals surface area contributed by atoms with Crippen LogP contribution in [-0.4, -0.2) is 17.6 Å². The third-order valence-corrected chi connectivity index (χ3v) is 2.58. The van der Waals surface area contributed by atoms with E-state index >= 15 is 0 Å². The molecule has 13 heavy (non-hydrogen) atoms. The Kier molecular flexibility index (Phi) is 3.41. The molecule has 1 fully saturated rings. The number of hydrogen-bond donors (Lipinski definition) is 2. The molecule has 1 saturated carbocycles. The van der Waals surface area contributed by atoms with Crippen molar-refractivity contribution in [2.75, 3.05) is 6.54 Å². The zero-order valence-corrected chi connectivity index (χ0v) is 8.17. The normalized spacial score (nSPS) is 26.8. The van der Waals surface area contributed by atoms with E-state index in [-0.39, 0.29) is 18.1 Å². The zero-order valence-electron chi connectivity index (χ0n) is 7.35. The molecule has 1 atom stereocenters. The standard InChI is InChI=1S/C8H14F2N2S/c9-8(10)4-2-1-3-6(8)5-12-7(11)13/h6H,1-5H2,(H3,11,12,13). The molecular weight excluding hydrogens is 194 g/mol. The molecule has 1 rings (SSSR count). The summed E-state index contributed by atoms with van der Waals surface area (Å²) >= 11 is 4.56. The van der Waals surface area contributed by atoms with Gasteiger partial charge in [-0.05, 0) is 25.1 Å². The molecule has 0 aliphatic heterocycles. The number of hydrogen-bond acceptors (Lipinski definition) is 1. The fraction of sp³-hybridized carbons (Fsp3) is 0.875. The smallest absolute Gasteiger partial charge is 0.252 e. The summed E-state index contributed by atoms with van der Waals surface area (Å²) in [5, 5.41) is 2.70. The van der Waals surface area contributed by atoms with Gasteiger partial charge in [0.25, 0.3) is 5.92 Å². The third kappa shape index (κ3) is 3.06. The Hall–Kier alpha value is -0.450. The highest BCUT2D eigenvalue weighted by molar-refractivity contribution is 7.80. The van der Waals surface area contributed by atoms with Crippen LogP contribution in [0, 0.1) is 5.92 Å². The van der Waals surface area contributed by atoms with Gasteiger partial charge >= 0.3 is 0 Å². The Labute approximate surface area is 81.9 Å². The van der Waals surface area contributed by atoms with Gasteiger partial charge in [-0.25, -0.2) is 8.78 Å². The van der Waals surface area contributed by atoms with Crippen LogP contribution in [0.15, 0.2) is 0 Å². The molecule has 0 spiro atoms. The molecule has 0 aromatic heterocycles. The number of nitrogens with one attached hydrogen (secondary N) is 1. The summed E-state index contributed by atoms with van der Waals surface area (Å²) in [6.45, 7) is 0.197. The maximum atomic E-state index is 13.2. The van der Waals surface area contributed by atoms with Gasteiger partial charge in [0.1, 0.15) is 0 Å². The van der Waals surface area contributed by atoms with E-state index in [9.17, 15) is 8.78 Å². The summed E-state index contributed by atoms with van der Waals surface area (Å²) in [5.41, 5.74) is 5.17. The van der Waals surface area contributed by atoms with Crippen molar-refractivity contribution in [3.8, 4) is 0 Å². The zero-order chi connectivity index (χ0) is 9.90. The monoisotopic (exact) mass is 208 g/mol. The highest BCUT2D eigenvalue weighted by Crippen LogP contribution is 2.37. The molecule has 76 valence electrons. The molecule has 0 heterocycles. The molecule has 0 aromatic carbocycles. The van der Waals surface area contributed by atoms with E-state index in [0.717, 1.165) is 6.42 Å². The Morgan fingerprint density at radius 2 is 2.23 bits per heavy atom. The minimum Gasteiger partial charge on any atom is -0.376 e.